The van der Waals surface area contributed by atoms with E-state index in [-0.39, 0.29) is 0 Å². The summed E-state index contributed by atoms with van der Waals surface area (Å²) in [5.41, 5.74) is 4.21. The zero-order valence-corrected chi connectivity index (χ0v) is 11.7. The maximum Gasteiger partial charge on any atom is -0.000835 e. The quantitative estimate of drug-likeness (QED) is 0.741. The second-order valence-corrected chi connectivity index (χ2v) is 5.08. The summed E-state index contributed by atoms with van der Waals surface area (Å²) in [6.07, 6.45) is 3.49. The Kier molecular flexibility index (Phi) is 5.64. The molecule has 100 valence electrons. The molecule has 1 nitrogen and oxygen atoms in total. The molecule has 0 aliphatic carbocycles. The Labute approximate surface area is 116 Å². The van der Waals surface area contributed by atoms with Gasteiger partial charge in [-0.05, 0) is 50.4 Å². The molecular formula is C18H23N. The van der Waals surface area contributed by atoms with E-state index in [0.717, 1.165) is 25.9 Å². The Hall–Kier alpha value is -1.60. The molecule has 19 heavy (non-hydrogen) atoms. The number of hydrogen-bond acceptors (Lipinski definition) is 1. The van der Waals surface area contributed by atoms with Gasteiger partial charge in [-0.3, -0.25) is 0 Å². The summed E-state index contributed by atoms with van der Waals surface area (Å²) in [6, 6.07) is 19.5. The van der Waals surface area contributed by atoms with Crippen molar-refractivity contribution in [1.82, 2.24) is 5.32 Å². The van der Waals surface area contributed by atoms with Crippen LogP contribution >= 0.6 is 0 Å². The lowest BCUT2D eigenvalue weighted by Crippen LogP contribution is -2.19. The van der Waals surface area contributed by atoms with Crippen LogP contribution in [0.5, 0.6) is 0 Å². The first-order valence-corrected chi connectivity index (χ1v) is 7.15. The van der Waals surface area contributed by atoms with Crippen molar-refractivity contribution < 1.29 is 0 Å². The molecule has 0 bridgehead atoms. The molecule has 2 rings (SSSR count). The van der Waals surface area contributed by atoms with Gasteiger partial charge in [0.2, 0.25) is 0 Å². The van der Waals surface area contributed by atoms with Gasteiger partial charge in [0.1, 0.15) is 0 Å². The summed E-state index contributed by atoms with van der Waals surface area (Å²) in [5.74, 6) is 0. The summed E-state index contributed by atoms with van der Waals surface area (Å²) >= 11 is 0. The van der Waals surface area contributed by atoms with Crippen molar-refractivity contribution in [3.05, 3.63) is 71.3 Å². The van der Waals surface area contributed by atoms with E-state index in [2.05, 4.69) is 66.8 Å². The fourth-order valence-electron chi connectivity index (χ4n) is 2.29. The Balaban J connectivity index is 1.58. The van der Waals surface area contributed by atoms with Crippen molar-refractivity contribution >= 4 is 0 Å². The highest BCUT2D eigenvalue weighted by atomic mass is 14.8. The minimum Gasteiger partial charge on any atom is -0.316 e. The molecule has 0 aliphatic rings. The highest BCUT2D eigenvalue weighted by Gasteiger charge is 1.94. The Morgan fingerprint density at radius 1 is 0.789 bits per heavy atom. The highest BCUT2D eigenvalue weighted by Crippen LogP contribution is 2.04. The fourth-order valence-corrected chi connectivity index (χ4v) is 2.29. The van der Waals surface area contributed by atoms with Crippen LogP contribution in [0.1, 0.15) is 23.1 Å². The Morgan fingerprint density at radius 2 is 1.58 bits per heavy atom. The number of hydrogen-bond donors (Lipinski definition) is 1. The third kappa shape index (κ3) is 5.27. The van der Waals surface area contributed by atoms with Crippen molar-refractivity contribution in [3.8, 4) is 0 Å². The van der Waals surface area contributed by atoms with Crippen LogP contribution in [-0.2, 0) is 12.8 Å². The summed E-state index contributed by atoms with van der Waals surface area (Å²) in [7, 11) is 0. The standard InChI is InChI=1S/C18H23N/c1-16-7-5-10-18(15-16)12-14-19-13-6-11-17-8-3-2-4-9-17/h2-5,7-10,15,19H,6,11-14H2,1H3. The van der Waals surface area contributed by atoms with Crippen LogP contribution in [-0.4, -0.2) is 13.1 Å². The summed E-state index contributed by atoms with van der Waals surface area (Å²) < 4.78 is 0. The van der Waals surface area contributed by atoms with Gasteiger partial charge in [0.05, 0.1) is 0 Å². The van der Waals surface area contributed by atoms with Gasteiger partial charge in [-0.2, -0.15) is 0 Å². The molecule has 0 spiro atoms. The van der Waals surface area contributed by atoms with E-state index in [1.807, 2.05) is 0 Å². The average molecular weight is 253 g/mol. The van der Waals surface area contributed by atoms with Crippen molar-refractivity contribution in [2.24, 2.45) is 0 Å². The van der Waals surface area contributed by atoms with E-state index in [9.17, 15) is 0 Å². The first-order valence-electron chi connectivity index (χ1n) is 7.15. The lowest BCUT2D eigenvalue weighted by atomic mass is 10.1. The van der Waals surface area contributed by atoms with E-state index in [0.29, 0.717) is 0 Å². The molecule has 0 heterocycles. The molecule has 0 aromatic heterocycles. The van der Waals surface area contributed by atoms with E-state index in [1.54, 1.807) is 0 Å². The molecule has 0 unspecified atom stereocenters. The number of benzene rings is 2. The van der Waals surface area contributed by atoms with E-state index in [4.69, 9.17) is 0 Å². The number of aryl methyl sites for hydroxylation is 2. The largest absolute Gasteiger partial charge is 0.316 e. The van der Waals surface area contributed by atoms with Crippen LogP contribution in [0, 0.1) is 6.92 Å². The fraction of sp³-hybridized carbons (Fsp3) is 0.333. The van der Waals surface area contributed by atoms with Gasteiger partial charge < -0.3 is 5.32 Å². The lowest BCUT2D eigenvalue weighted by molar-refractivity contribution is 0.647. The van der Waals surface area contributed by atoms with Gasteiger partial charge in [-0.25, -0.2) is 0 Å². The normalized spacial score (nSPS) is 10.6. The molecule has 0 amide bonds. The third-order valence-electron chi connectivity index (χ3n) is 3.33. The molecular weight excluding hydrogens is 230 g/mol. The Bertz CT molecular complexity index is 476. The average Bonchev–Trinajstić information content (AvgIpc) is 2.44. The minimum absolute atomic E-state index is 1.07. The summed E-state index contributed by atoms with van der Waals surface area (Å²) in [6.45, 7) is 4.32. The predicted molar refractivity (Wildman–Crippen MR) is 82.5 cm³/mol. The number of rotatable bonds is 7. The van der Waals surface area contributed by atoms with Gasteiger partial charge in [0.15, 0.2) is 0 Å². The van der Waals surface area contributed by atoms with E-state index in [1.165, 1.54) is 23.1 Å². The zero-order valence-electron chi connectivity index (χ0n) is 11.7. The predicted octanol–water partition coefficient (Wildman–Crippen LogP) is 3.76. The highest BCUT2D eigenvalue weighted by molar-refractivity contribution is 5.22. The van der Waals surface area contributed by atoms with Gasteiger partial charge in [0.25, 0.3) is 0 Å². The van der Waals surface area contributed by atoms with E-state index < -0.39 is 0 Å². The molecule has 0 aliphatic heterocycles. The molecule has 0 saturated carbocycles. The van der Waals surface area contributed by atoms with Crippen molar-refractivity contribution in [3.63, 3.8) is 0 Å². The van der Waals surface area contributed by atoms with Gasteiger partial charge in [-0.15, -0.1) is 0 Å². The first-order chi connectivity index (χ1) is 9.34. The summed E-state index contributed by atoms with van der Waals surface area (Å²) in [4.78, 5) is 0. The van der Waals surface area contributed by atoms with Gasteiger partial charge in [-0.1, -0.05) is 60.2 Å². The number of nitrogens with one attached hydrogen (secondary N) is 1. The van der Waals surface area contributed by atoms with Crippen LogP contribution in [0.25, 0.3) is 0 Å². The monoisotopic (exact) mass is 253 g/mol. The van der Waals surface area contributed by atoms with Crippen molar-refractivity contribution in [2.75, 3.05) is 13.1 Å². The molecule has 1 heteroatoms. The van der Waals surface area contributed by atoms with Crippen molar-refractivity contribution in [1.29, 1.82) is 0 Å². The maximum absolute atomic E-state index is 3.52. The smallest absolute Gasteiger partial charge is 0.000835 e. The molecule has 0 saturated heterocycles. The van der Waals surface area contributed by atoms with Crippen LogP contribution < -0.4 is 5.32 Å². The molecule has 2 aromatic rings. The van der Waals surface area contributed by atoms with E-state index >= 15 is 0 Å². The topological polar surface area (TPSA) is 12.0 Å². The minimum atomic E-state index is 1.07. The van der Waals surface area contributed by atoms with Crippen LogP contribution in [0.15, 0.2) is 54.6 Å². The van der Waals surface area contributed by atoms with Crippen LogP contribution in [0.4, 0.5) is 0 Å². The molecule has 0 radical (unpaired) electrons. The van der Waals surface area contributed by atoms with Gasteiger partial charge >= 0.3 is 0 Å². The molecule has 2 aromatic carbocycles. The summed E-state index contributed by atoms with van der Waals surface area (Å²) in [5, 5.41) is 3.52. The third-order valence-corrected chi connectivity index (χ3v) is 3.33. The SMILES string of the molecule is Cc1cccc(CCNCCCc2ccccc2)c1. The van der Waals surface area contributed by atoms with Crippen LogP contribution in [0.2, 0.25) is 0 Å². The molecule has 0 fully saturated rings. The second-order valence-electron chi connectivity index (χ2n) is 5.08. The molecule has 1 N–H and O–H groups in total. The zero-order chi connectivity index (χ0) is 13.3. The van der Waals surface area contributed by atoms with Gasteiger partial charge in [0, 0.05) is 0 Å². The van der Waals surface area contributed by atoms with Crippen LogP contribution in [0.3, 0.4) is 0 Å². The second kappa shape index (κ2) is 7.75. The lowest BCUT2D eigenvalue weighted by Gasteiger charge is -2.06. The maximum atomic E-state index is 3.52. The Morgan fingerprint density at radius 3 is 2.37 bits per heavy atom. The van der Waals surface area contributed by atoms with Crippen molar-refractivity contribution in [2.45, 2.75) is 26.2 Å². The first kappa shape index (κ1) is 13.8. The molecule has 0 atom stereocenters.